The summed E-state index contributed by atoms with van der Waals surface area (Å²) in [6.45, 7) is 0. The third-order valence-corrected chi connectivity index (χ3v) is 3.83. The molecule has 2 N–H and O–H groups in total. The standard InChI is InChI=1S/C17H10BrFN2O4/c18-11-3-6-14-10(7-11)8-13(17(24)25-14)16(23)21-20-15(22)9-1-4-12(19)5-2-9/h1-8H,(H,20,22)(H,21,23). The predicted molar refractivity (Wildman–Crippen MR) is 91.5 cm³/mol. The molecule has 0 saturated heterocycles. The number of carbonyl (C=O) groups is 2. The van der Waals surface area contributed by atoms with Crippen molar-refractivity contribution in [3.63, 3.8) is 0 Å². The van der Waals surface area contributed by atoms with Crippen LogP contribution in [-0.4, -0.2) is 11.8 Å². The second-order valence-electron chi connectivity index (χ2n) is 5.04. The van der Waals surface area contributed by atoms with Crippen LogP contribution in [0.3, 0.4) is 0 Å². The van der Waals surface area contributed by atoms with Gasteiger partial charge < -0.3 is 4.42 Å². The van der Waals surface area contributed by atoms with Gasteiger partial charge in [0.15, 0.2) is 0 Å². The second-order valence-corrected chi connectivity index (χ2v) is 5.96. The SMILES string of the molecule is O=C(NNC(=O)c1cc2cc(Br)ccc2oc1=O)c1ccc(F)cc1. The van der Waals surface area contributed by atoms with E-state index < -0.39 is 23.3 Å². The number of nitrogens with one attached hydrogen (secondary N) is 2. The van der Waals surface area contributed by atoms with Gasteiger partial charge in [0, 0.05) is 15.4 Å². The first kappa shape index (κ1) is 16.8. The molecule has 0 spiro atoms. The molecule has 0 unspecified atom stereocenters. The summed E-state index contributed by atoms with van der Waals surface area (Å²) in [5.41, 5.74) is 3.67. The predicted octanol–water partition coefficient (Wildman–Crippen LogP) is 2.77. The molecule has 2 amide bonds. The molecule has 0 aliphatic rings. The first-order valence-electron chi connectivity index (χ1n) is 7.04. The van der Waals surface area contributed by atoms with E-state index in [1.54, 1.807) is 18.2 Å². The molecule has 0 aliphatic carbocycles. The fourth-order valence-electron chi connectivity index (χ4n) is 2.11. The zero-order valence-corrected chi connectivity index (χ0v) is 14.1. The topological polar surface area (TPSA) is 88.4 Å². The number of rotatable bonds is 2. The summed E-state index contributed by atoms with van der Waals surface area (Å²) < 4.78 is 18.7. The number of fused-ring (bicyclic) bond motifs is 1. The van der Waals surface area contributed by atoms with E-state index in [2.05, 4.69) is 26.8 Å². The summed E-state index contributed by atoms with van der Waals surface area (Å²) in [5.74, 6) is -1.96. The van der Waals surface area contributed by atoms with Crippen LogP contribution in [0.25, 0.3) is 11.0 Å². The Morgan fingerprint density at radius 2 is 1.64 bits per heavy atom. The number of amides is 2. The molecule has 3 rings (SSSR count). The van der Waals surface area contributed by atoms with Gasteiger partial charge in [-0.2, -0.15) is 0 Å². The summed E-state index contributed by atoms with van der Waals surface area (Å²) in [7, 11) is 0. The molecule has 0 atom stereocenters. The summed E-state index contributed by atoms with van der Waals surface area (Å²) in [6, 6.07) is 11.1. The van der Waals surface area contributed by atoms with Gasteiger partial charge in [-0.05, 0) is 48.5 Å². The number of halogens is 2. The van der Waals surface area contributed by atoms with Crippen molar-refractivity contribution in [3.05, 3.63) is 80.4 Å². The first-order valence-corrected chi connectivity index (χ1v) is 7.83. The zero-order chi connectivity index (χ0) is 18.0. The number of hydrogen-bond acceptors (Lipinski definition) is 4. The van der Waals surface area contributed by atoms with Crippen molar-refractivity contribution in [2.75, 3.05) is 0 Å². The molecule has 0 saturated carbocycles. The molecule has 0 radical (unpaired) electrons. The van der Waals surface area contributed by atoms with E-state index in [0.29, 0.717) is 11.0 Å². The Bertz CT molecular complexity index is 1030. The van der Waals surface area contributed by atoms with Gasteiger partial charge in [0.25, 0.3) is 11.8 Å². The lowest BCUT2D eigenvalue weighted by molar-refractivity contribution is 0.0844. The van der Waals surface area contributed by atoms with Crippen LogP contribution < -0.4 is 16.5 Å². The van der Waals surface area contributed by atoms with Gasteiger partial charge in [-0.15, -0.1) is 0 Å². The molecule has 0 fully saturated rings. The molecule has 6 nitrogen and oxygen atoms in total. The molecule has 1 aromatic heterocycles. The Morgan fingerprint density at radius 3 is 2.36 bits per heavy atom. The van der Waals surface area contributed by atoms with Crippen molar-refractivity contribution in [1.82, 2.24) is 10.9 Å². The maximum Gasteiger partial charge on any atom is 0.349 e. The Morgan fingerprint density at radius 1 is 0.960 bits per heavy atom. The van der Waals surface area contributed by atoms with E-state index in [9.17, 15) is 18.8 Å². The summed E-state index contributed by atoms with van der Waals surface area (Å²) in [5, 5.41) is 0.545. The van der Waals surface area contributed by atoms with Crippen LogP contribution in [0.4, 0.5) is 4.39 Å². The Hall–Kier alpha value is -3.00. The van der Waals surface area contributed by atoms with Crippen LogP contribution in [0.15, 0.2) is 62.2 Å². The lowest BCUT2D eigenvalue weighted by Crippen LogP contribution is -2.43. The highest BCUT2D eigenvalue weighted by Crippen LogP contribution is 2.19. The van der Waals surface area contributed by atoms with Crippen LogP contribution in [-0.2, 0) is 0 Å². The van der Waals surface area contributed by atoms with Gasteiger partial charge in [0.2, 0.25) is 0 Å². The van der Waals surface area contributed by atoms with Crippen LogP contribution in [0, 0.1) is 5.82 Å². The fraction of sp³-hybridized carbons (Fsp3) is 0. The molecule has 1 heterocycles. The molecule has 126 valence electrons. The van der Waals surface area contributed by atoms with Crippen molar-refractivity contribution < 1.29 is 18.4 Å². The van der Waals surface area contributed by atoms with Gasteiger partial charge >= 0.3 is 5.63 Å². The zero-order valence-electron chi connectivity index (χ0n) is 12.5. The minimum atomic E-state index is -0.830. The molecule has 0 bridgehead atoms. The second kappa shape index (κ2) is 6.86. The van der Waals surface area contributed by atoms with E-state index in [0.717, 1.165) is 16.6 Å². The highest BCUT2D eigenvalue weighted by atomic mass is 79.9. The number of hydrazine groups is 1. The third kappa shape index (κ3) is 3.74. The molecule has 8 heteroatoms. The largest absolute Gasteiger partial charge is 0.422 e. The number of benzene rings is 2. The fourth-order valence-corrected chi connectivity index (χ4v) is 2.49. The Balaban J connectivity index is 1.78. The van der Waals surface area contributed by atoms with Crippen molar-refractivity contribution >= 4 is 38.7 Å². The van der Waals surface area contributed by atoms with Crippen molar-refractivity contribution in [1.29, 1.82) is 0 Å². The smallest absolute Gasteiger partial charge is 0.349 e. The number of hydrogen-bond donors (Lipinski definition) is 2. The van der Waals surface area contributed by atoms with Crippen molar-refractivity contribution in [2.24, 2.45) is 0 Å². The van der Waals surface area contributed by atoms with Gasteiger partial charge in [0.05, 0.1) is 0 Å². The lowest BCUT2D eigenvalue weighted by Gasteiger charge is -2.07. The number of carbonyl (C=O) groups excluding carboxylic acids is 2. The van der Waals surface area contributed by atoms with Crippen molar-refractivity contribution in [3.8, 4) is 0 Å². The van der Waals surface area contributed by atoms with E-state index in [-0.39, 0.29) is 11.1 Å². The Labute approximate surface area is 148 Å². The van der Waals surface area contributed by atoms with E-state index in [1.165, 1.54) is 18.2 Å². The summed E-state index contributed by atoms with van der Waals surface area (Å²) >= 11 is 3.29. The average molecular weight is 405 g/mol. The maximum absolute atomic E-state index is 12.8. The van der Waals surface area contributed by atoms with E-state index in [4.69, 9.17) is 4.42 Å². The highest BCUT2D eigenvalue weighted by Gasteiger charge is 2.15. The normalized spacial score (nSPS) is 10.5. The van der Waals surface area contributed by atoms with Gasteiger partial charge in [-0.3, -0.25) is 20.4 Å². The van der Waals surface area contributed by atoms with Crippen LogP contribution >= 0.6 is 15.9 Å². The van der Waals surface area contributed by atoms with Crippen LogP contribution in [0.1, 0.15) is 20.7 Å². The molecule has 25 heavy (non-hydrogen) atoms. The van der Waals surface area contributed by atoms with E-state index >= 15 is 0 Å². The van der Waals surface area contributed by atoms with Crippen LogP contribution in [0.2, 0.25) is 0 Å². The highest BCUT2D eigenvalue weighted by molar-refractivity contribution is 9.10. The molecule has 2 aromatic carbocycles. The quantitative estimate of drug-likeness (QED) is 0.507. The first-order chi connectivity index (χ1) is 11.9. The third-order valence-electron chi connectivity index (χ3n) is 3.33. The lowest BCUT2D eigenvalue weighted by atomic mass is 10.2. The molecule has 0 aliphatic heterocycles. The minimum Gasteiger partial charge on any atom is -0.422 e. The van der Waals surface area contributed by atoms with Crippen LogP contribution in [0.5, 0.6) is 0 Å². The molecular weight excluding hydrogens is 395 g/mol. The van der Waals surface area contributed by atoms with E-state index in [1.807, 2.05) is 0 Å². The van der Waals surface area contributed by atoms with Gasteiger partial charge in [-0.25, -0.2) is 9.18 Å². The Kier molecular flexibility index (Phi) is 4.62. The van der Waals surface area contributed by atoms with Gasteiger partial charge in [-0.1, -0.05) is 15.9 Å². The monoisotopic (exact) mass is 404 g/mol. The van der Waals surface area contributed by atoms with Crippen molar-refractivity contribution in [2.45, 2.75) is 0 Å². The minimum absolute atomic E-state index is 0.149. The molecular formula is C17H10BrFN2O4. The summed E-state index contributed by atoms with van der Waals surface area (Å²) in [4.78, 5) is 35.9. The maximum atomic E-state index is 12.8. The average Bonchev–Trinajstić information content (AvgIpc) is 2.59. The summed E-state index contributed by atoms with van der Waals surface area (Å²) in [6.07, 6.45) is 0. The van der Waals surface area contributed by atoms with Gasteiger partial charge in [0.1, 0.15) is 17.0 Å². The molecule has 3 aromatic rings.